The van der Waals surface area contributed by atoms with E-state index in [-0.39, 0.29) is 5.69 Å². The van der Waals surface area contributed by atoms with E-state index in [1.165, 1.54) is 10.7 Å². The smallest absolute Gasteiger partial charge is 0.379 e. The summed E-state index contributed by atoms with van der Waals surface area (Å²) in [5, 5.41) is 0. The molecule has 5 rings (SSSR count). The Kier molecular flexibility index (Phi) is 5.99. The van der Waals surface area contributed by atoms with Crippen molar-refractivity contribution in [3.8, 4) is 5.69 Å². The first-order valence-corrected chi connectivity index (χ1v) is 13.6. The highest BCUT2D eigenvalue weighted by Gasteiger charge is 2.47. The summed E-state index contributed by atoms with van der Waals surface area (Å²) < 4.78 is 51.9. The second kappa shape index (κ2) is 8.74. The van der Waals surface area contributed by atoms with Gasteiger partial charge in [0.25, 0.3) is 5.91 Å². The molecule has 1 atom stereocenters. The second-order valence-electron chi connectivity index (χ2n) is 8.47. The number of benzene rings is 2. The molecule has 1 amide bonds. The molecule has 2 aliphatic rings. The third kappa shape index (κ3) is 3.96. The fourth-order valence-electron chi connectivity index (χ4n) is 4.36. The molecule has 2 aliphatic heterocycles. The molecule has 1 fully saturated rings. The lowest BCUT2D eigenvalue weighted by Gasteiger charge is -2.46. The highest BCUT2D eigenvalue weighted by atomic mass is 32.4. The highest BCUT2D eigenvalue weighted by Crippen LogP contribution is 2.59. The van der Waals surface area contributed by atoms with E-state index in [0.29, 0.717) is 43.1 Å². The Balaban J connectivity index is 1.77. The van der Waals surface area contributed by atoms with Gasteiger partial charge in [-0.1, -0.05) is 6.07 Å². The summed E-state index contributed by atoms with van der Waals surface area (Å²) in [6, 6.07) is 10.4. The predicted octanol–water partition coefficient (Wildman–Crippen LogP) is 3.88. The molecule has 2 aromatic carbocycles. The zero-order valence-electron chi connectivity index (χ0n) is 19.1. The van der Waals surface area contributed by atoms with Crippen molar-refractivity contribution in [2.75, 3.05) is 50.0 Å². The van der Waals surface area contributed by atoms with Gasteiger partial charge in [0.1, 0.15) is 0 Å². The molecular weight excluding hydrogens is 498 g/mol. The Bertz CT molecular complexity index is 1340. The molecule has 1 unspecified atom stereocenters. The third-order valence-corrected chi connectivity index (χ3v) is 10.7. The van der Waals surface area contributed by atoms with Gasteiger partial charge in [-0.2, -0.15) is 13.2 Å². The van der Waals surface area contributed by atoms with Gasteiger partial charge >= 0.3 is 6.18 Å². The second-order valence-corrected chi connectivity index (χ2v) is 12.5. The number of fused-ring (bicyclic) bond motifs is 3. The van der Waals surface area contributed by atoms with Crippen LogP contribution < -0.4 is 15.1 Å². The Morgan fingerprint density at radius 2 is 1.86 bits per heavy atom. The minimum Gasteiger partial charge on any atom is -0.379 e. The number of halogens is 3. The third-order valence-electron chi connectivity index (χ3n) is 6.12. The van der Waals surface area contributed by atoms with Crippen LogP contribution in [0.5, 0.6) is 0 Å². The Morgan fingerprint density at radius 3 is 2.54 bits per heavy atom. The molecule has 0 N–H and O–H groups in total. The molecule has 184 valence electrons. The Morgan fingerprint density at radius 1 is 1.11 bits per heavy atom. The summed E-state index contributed by atoms with van der Waals surface area (Å²) in [5.74, 6) is -0.460. The van der Waals surface area contributed by atoms with Gasteiger partial charge in [-0.15, -0.1) is 0 Å². The van der Waals surface area contributed by atoms with Crippen molar-refractivity contribution in [2.45, 2.75) is 6.18 Å². The first kappa shape index (κ1) is 24.0. The van der Waals surface area contributed by atoms with E-state index in [0.717, 1.165) is 17.8 Å². The summed E-state index contributed by atoms with van der Waals surface area (Å²) in [6.07, 6.45) is -4.50. The summed E-state index contributed by atoms with van der Waals surface area (Å²) in [4.78, 5) is 20.6. The summed E-state index contributed by atoms with van der Waals surface area (Å²) >= 11 is 6.29. The number of morpholine rings is 1. The lowest BCUT2D eigenvalue weighted by Crippen LogP contribution is -2.49. The van der Waals surface area contributed by atoms with Crippen LogP contribution in [0.3, 0.4) is 0 Å². The number of carbonyl (C=O) groups is 1. The van der Waals surface area contributed by atoms with Crippen LogP contribution in [0.15, 0.2) is 54.9 Å². The number of amides is 1. The van der Waals surface area contributed by atoms with Gasteiger partial charge in [0, 0.05) is 50.8 Å². The van der Waals surface area contributed by atoms with Crippen LogP contribution in [-0.2, 0) is 22.7 Å². The minimum atomic E-state index is -4.58. The Labute approximate surface area is 205 Å². The Hall–Kier alpha value is -2.72. The quantitative estimate of drug-likeness (QED) is 0.488. The number of anilines is 2. The van der Waals surface area contributed by atoms with Crippen LogP contribution in [0.1, 0.15) is 15.9 Å². The SMILES string of the molecule is CN(C)c1cccc(C(=O)N2c3cc(C(F)(F)F)ccc3-n3ccnc3P2(=S)N2CCOCC2)c1. The molecule has 1 aromatic heterocycles. The molecule has 12 heteroatoms. The predicted molar refractivity (Wildman–Crippen MR) is 132 cm³/mol. The highest BCUT2D eigenvalue weighted by molar-refractivity contribution is 8.18. The molecular formula is C23H23F3N5O2PS. The molecule has 1 saturated heterocycles. The number of hydrogen-bond acceptors (Lipinski definition) is 5. The zero-order chi connectivity index (χ0) is 25.0. The maximum Gasteiger partial charge on any atom is 0.416 e. The van der Waals surface area contributed by atoms with Crippen LogP contribution in [-0.4, -0.2) is 60.5 Å². The number of hydrogen-bond donors (Lipinski definition) is 0. The number of aromatic nitrogens is 2. The molecule has 0 radical (unpaired) electrons. The van der Waals surface area contributed by atoms with E-state index in [1.807, 2.05) is 29.7 Å². The van der Waals surface area contributed by atoms with Crippen LogP contribution in [0.25, 0.3) is 5.69 Å². The molecule has 3 aromatic rings. The summed E-state index contributed by atoms with van der Waals surface area (Å²) in [5.41, 5.74) is 1.32. The molecule has 0 bridgehead atoms. The number of rotatable bonds is 3. The maximum atomic E-state index is 14.2. The maximum absolute atomic E-state index is 14.2. The van der Waals surface area contributed by atoms with E-state index in [1.54, 1.807) is 35.2 Å². The van der Waals surface area contributed by atoms with Gasteiger partial charge in [-0.25, -0.2) is 9.65 Å². The lowest BCUT2D eigenvalue weighted by molar-refractivity contribution is -0.137. The fourth-order valence-corrected chi connectivity index (χ4v) is 8.62. The van der Waals surface area contributed by atoms with Crippen molar-refractivity contribution >= 4 is 41.0 Å². The van der Waals surface area contributed by atoms with Crippen LogP contribution in [0, 0.1) is 0 Å². The molecule has 3 heterocycles. The molecule has 7 nitrogen and oxygen atoms in total. The van der Waals surface area contributed by atoms with Crippen molar-refractivity contribution in [2.24, 2.45) is 0 Å². The van der Waals surface area contributed by atoms with E-state index >= 15 is 0 Å². The van der Waals surface area contributed by atoms with Crippen LogP contribution in [0.2, 0.25) is 0 Å². The average Bonchev–Trinajstić information content (AvgIpc) is 3.35. The fraction of sp³-hybridized carbons (Fsp3) is 0.304. The van der Waals surface area contributed by atoms with Gasteiger partial charge in [-0.05, 0) is 48.2 Å². The standard InChI is InChI=1S/C23H23F3N5O2PS/c1-28(2)18-5-3-4-16(14-18)21(32)31-20-15-17(23(24,25)26)6-7-19(20)30-9-8-27-22(30)34(31,35)29-10-12-33-13-11-29/h3-9,14-15H,10-13H2,1-2H3. The van der Waals surface area contributed by atoms with Crippen LogP contribution >= 0.6 is 6.34 Å². The largest absolute Gasteiger partial charge is 0.416 e. The van der Waals surface area contributed by atoms with E-state index < -0.39 is 24.0 Å². The van der Waals surface area contributed by atoms with Gasteiger partial charge in [0.15, 0.2) is 11.9 Å². The van der Waals surface area contributed by atoms with Crippen molar-refractivity contribution in [1.29, 1.82) is 0 Å². The van der Waals surface area contributed by atoms with Crippen molar-refractivity contribution in [3.05, 3.63) is 66.0 Å². The zero-order valence-corrected chi connectivity index (χ0v) is 20.8. The van der Waals surface area contributed by atoms with Gasteiger partial charge < -0.3 is 9.64 Å². The molecule has 0 spiro atoms. The van der Waals surface area contributed by atoms with Crippen LogP contribution in [0.4, 0.5) is 24.5 Å². The molecule has 0 aliphatic carbocycles. The average molecular weight is 522 g/mol. The minimum absolute atomic E-state index is 0.125. The first-order chi connectivity index (χ1) is 16.6. The lowest BCUT2D eigenvalue weighted by atomic mass is 10.1. The van der Waals surface area contributed by atoms with Crippen molar-refractivity contribution in [1.82, 2.24) is 14.2 Å². The number of nitrogens with zero attached hydrogens (tertiary/aromatic N) is 5. The number of alkyl halides is 3. The van der Waals surface area contributed by atoms with Gasteiger partial charge in [0.2, 0.25) is 0 Å². The van der Waals surface area contributed by atoms with E-state index in [4.69, 9.17) is 16.5 Å². The topological polar surface area (TPSA) is 53.8 Å². The van der Waals surface area contributed by atoms with E-state index in [9.17, 15) is 18.0 Å². The molecule has 35 heavy (non-hydrogen) atoms. The first-order valence-electron chi connectivity index (χ1n) is 10.9. The number of carbonyl (C=O) groups excluding carboxylic acids is 1. The monoisotopic (exact) mass is 521 g/mol. The van der Waals surface area contributed by atoms with Crippen molar-refractivity contribution in [3.63, 3.8) is 0 Å². The molecule has 0 saturated carbocycles. The number of imidazole rings is 1. The summed E-state index contributed by atoms with van der Waals surface area (Å²) in [7, 11) is 3.70. The van der Waals surface area contributed by atoms with Gasteiger partial charge in [0.05, 0.1) is 30.2 Å². The normalized spacial score (nSPS) is 20.3. The van der Waals surface area contributed by atoms with E-state index in [2.05, 4.69) is 4.98 Å². The summed E-state index contributed by atoms with van der Waals surface area (Å²) in [6.45, 7) is 1.71. The number of ether oxygens (including phenoxy) is 1. The van der Waals surface area contributed by atoms with Gasteiger partial charge in [-0.3, -0.25) is 14.0 Å². The van der Waals surface area contributed by atoms with Crippen molar-refractivity contribution < 1.29 is 22.7 Å².